The van der Waals surface area contributed by atoms with Crippen LogP contribution in [0.2, 0.25) is 0 Å². The van der Waals surface area contributed by atoms with Gasteiger partial charge < -0.3 is 4.90 Å². The summed E-state index contributed by atoms with van der Waals surface area (Å²) < 4.78 is 0. The van der Waals surface area contributed by atoms with E-state index >= 15 is 0 Å². The first-order valence-corrected chi connectivity index (χ1v) is 5.18. The molecule has 1 N–H and O–H groups in total. The number of nitrogens with one attached hydrogen (secondary N) is 1. The van der Waals surface area contributed by atoms with E-state index in [-0.39, 0.29) is 12.5 Å². The summed E-state index contributed by atoms with van der Waals surface area (Å²) >= 11 is 0. The molecule has 0 atom stereocenters. The Balaban J connectivity index is 0.000000921. The maximum Gasteiger partial charge on any atom is 0.246 e. The zero-order valence-electron chi connectivity index (χ0n) is 9.50. The Morgan fingerprint density at radius 1 is 1.40 bits per heavy atom. The van der Waals surface area contributed by atoms with E-state index in [1.54, 1.807) is 0 Å². The third-order valence-electron chi connectivity index (χ3n) is 1.82. The second-order valence-electron chi connectivity index (χ2n) is 3.02. The molecule has 86 valence electrons. The van der Waals surface area contributed by atoms with E-state index in [2.05, 4.69) is 5.32 Å². The van der Waals surface area contributed by atoms with Crippen molar-refractivity contribution in [3.8, 4) is 0 Å². The number of carbonyl (C=O) groups excluding carboxylic acids is 3. The van der Waals surface area contributed by atoms with Crippen molar-refractivity contribution < 1.29 is 14.4 Å². The number of nitrogens with zero attached hydrogens (tertiary/aromatic N) is 1. The molecule has 5 nitrogen and oxygen atoms in total. The van der Waals surface area contributed by atoms with Gasteiger partial charge in [-0.15, -0.1) is 0 Å². The number of rotatable bonds is 2. The van der Waals surface area contributed by atoms with Gasteiger partial charge in [0.2, 0.25) is 17.7 Å². The van der Waals surface area contributed by atoms with Crippen LogP contribution in [0, 0.1) is 0 Å². The predicted molar refractivity (Wildman–Crippen MR) is 56.0 cm³/mol. The van der Waals surface area contributed by atoms with Crippen LogP contribution < -0.4 is 5.32 Å². The Morgan fingerprint density at radius 2 is 2.00 bits per heavy atom. The van der Waals surface area contributed by atoms with Crippen LogP contribution in [0.15, 0.2) is 0 Å². The second kappa shape index (κ2) is 6.98. The molecule has 0 aliphatic carbocycles. The van der Waals surface area contributed by atoms with E-state index in [4.69, 9.17) is 0 Å². The number of hydrogen-bond donors (Lipinski definition) is 1. The highest BCUT2D eigenvalue weighted by atomic mass is 16.2. The molecule has 0 bridgehead atoms. The van der Waals surface area contributed by atoms with Crippen LogP contribution in [0.3, 0.4) is 0 Å². The maximum absolute atomic E-state index is 11.1. The number of amides is 3. The first kappa shape index (κ1) is 13.6. The average molecular weight is 214 g/mol. The van der Waals surface area contributed by atoms with Crippen LogP contribution in [0.1, 0.15) is 33.6 Å². The van der Waals surface area contributed by atoms with Gasteiger partial charge in [-0.25, -0.2) is 0 Å². The highest BCUT2D eigenvalue weighted by Crippen LogP contribution is 2.08. The molecule has 0 aromatic heterocycles. The van der Waals surface area contributed by atoms with E-state index in [1.165, 1.54) is 11.8 Å². The molecule has 0 spiro atoms. The minimum absolute atomic E-state index is 0.00157. The number of carbonyl (C=O) groups is 3. The van der Waals surface area contributed by atoms with Gasteiger partial charge in [-0.2, -0.15) is 0 Å². The Hall–Kier alpha value is -1.39. The van der Waals surface area contributed by atoms with Gasteiger partial charge in [0.1, 0.15) is 0 Å². The van der Waals surface area contributed by atoms with Crippen LogP contribution in [0.25, 0.3) is 0 Å². The van der Waals surface area contributed by atoms with E-state index < -0.39 is 11.8 Å². The molecule has 1 rings (SSSR count). The highest BCUT2D eigenvalue weighted by Gasteiger charge is 2.22. The van der Waals surface area contributed by atoms with Crippen LogP contribution in [-0.2, 0) is 14.4 Å². The summed E-state index contributed by atoms with van der Waals surface area (Å²) in [5.41, 5.74) is 0. The standard InChI is InChI=1S/C8H12N2O3.C2H6/c1-6(11)9-7(12)5-10-4-2-3-8(10)13;1-2/h2-5H2,1H3,(H,9,11,12);1-2H3. The molecular formula is C10H18N2O3. The summed E-state index contributed by atoms with van der Waals surface area (Å²) in [4.78, 5) is 34.0. The summed E-state index contributed by atoms with van der Waals surface area (Å²) in [7, 11) is 0. The van der Waals surface area contributed by atoms with Crippen molar-refractivity contribution in [2.24, 2.45) is 0 Å². The maximum atomic E-state index is 11.1. The van der Waals surface area contributed by atoms with E-state index in [0.29, 0.717) is 13.0 Å². The molecule has 1 saturated heterocycles. The fraction of sp³-hybridized carbons (Fsp3) is 0.700. The van der Waals surface area contributed by atoms with Crippen molar-refractivity contribution in [2.75, 3.05) is 13.1 Å². The van der Waals surface area contributed by atoms with Gasteiger partial charge in [-0.1, -0.05) is 13.8 Å². The van der Waals surface area contributed by atoms with E-state index in [0.717, 1.165) is 6.42 Å². The average Bonchev–Trinajstić information content (AvgIpc) is 2.54. The molecule has 0 aromatic rings. The third-order valence-corrected chi connectivity index (χ3v) is 1.82. The van der Waals surface area contributed by atoms with Crippen LogP contribution in [0.5, 0.6) is 0 Å². The molecule has 15 heavy (non-hydrogen) atoms. The molecule has 1 aliphatic rings. The van der Waals surface area contributed by atoms with Gasteiger partial charge in [0.15, 0.2) is 0 Å². The van der Waals surface area contributed by atoms with Gasteiger partial charge in [0.05, 0.1) is 6.54 Å². The molecule has 5 heteroatoms. The zero-order chi connectivity index (χ0) is 11.8. The minimum atomic E-state index is -0.414. The molecule has 1 aliphatic heterocycles. The minimum Gasteiger partial charge on any atom is -0.333 e. The lowest BCUT2D eigenvalue weighted by atomic mass is 10.4. The third kappa shape index (κ3) is 5.15. The Labute approximate surface area is 89.8 Å². The fourth-order valence-electron chi connectivity index (χ4n) is 1.28. The molecule has 0 aromatic carbocycles. The Kier molecular flexibility index (Phi) is 6.33. The van der Waals surface area contributed by atoms with Crippen molar-refractivity contribution in [1.82, 2.24) is 10.2 Å². The molecule has 1 fully saturated rings. The summed E-state index contributed by atoms with van der Waals surface area (Å²) in [5, 5.41) is 2.12. The first-order chi connectivity index (χ1) is 7.09. The SMILES string of the molecule is CC.CC(=O)NC(=O)CN1CCCC1=O. The van der Waals surface area contributed by atoms with Crippen LogP contribution in [0.4, 0.5) is 0 Å². The van der Waals surface area contributed by atoms with Crippen molar-refractivity contribution in [2.45, 2.75) is 33.6 Å². The molecular weight excluding hydrogens is 196 g/mol. The summed E-state index contributed by atoms with van der Waals surface area (Å²) in [5.74, 6) is -0.821. The largest absolute Gasteiger partial charge is 0.333 e. The molecule has 0 radical (unpaired) electrons. The molecule has 0 unspecified atom stereocenters. The van der Waals surface area contributed by atoms with E-state index in [9.17, 15) is 14.4 Å². The lowest BCUT2D eigenvalue weighted by Gasteiger charge is -2.13. The lowest BCUT2D eigenvalue weighted by molar-refractivity contribution is -0.135. The first-order valence-electron chi connectivity index (χ1n) is 5.18. The van der Waals surface area contributed by atoms with E-state index in [1.807, 2.05) is 13.8 Å². The summed E-state index contributed by atoms with van der Waals surface area (Å²) in [6, 6.07) is 0. The van der Waals surface area contributed by atoms with Gasteiger partial charge in [-0.05, 0) is 6.42 Å². The number of imide groups is 1. The number of likely N-dealkylation sites (tertiary alicyclic amines) is 1. The smallest absolute Gasteiger partial charge is 0.246 e. The molecule has 0 saturated carbocycles. The highest BCUT2D eigenvalue weighted by molar-refractivity contribution is 5.96. The monoisotopic (exact) mass is 214 g/mol. The van der Waals surface area contributed by atoms with Crippen LogP contribution >= 0.6 is 0 Å². The zero-order valence-corrected chi connectivity index (χ0v) is 9.50. The quantitative estimate of drug-likeness (QED) is 0.718. The Bertz CT molecular complexity index is 251. The lowest BCUT2D eigenvalue weighted by Crippen LogP contribution is -2.39. The van der Waals surface area contributed by atoms with Crippen molar-refractivity contribution in [3.63, 3.8) is 0 Å². The topological polar surface area (TPSA) is 66.5 Å². The normalized spacial score (nSPS) is 14.3. The summed E-state index contributed by atoms with van der Waals surface area (Å²) in [6.07, 6.45) is 1.31. The van der Waals surface area contributed by atoms with Crippen molar-refractivity contribution in [3.05, 3.63) is 0 Å². The fourth-order valence-corrected chi connectivity index (χ4v) is 1.28. The van der Waals surface area contributed by atoms with Gasteiger partial charge in [0.25, 0.3) is 0 Å². The van der Waals surface area contributed by atoms with Gasteiger partial charge in [0, 0.05) is 19.9 Å². The van der Waals surface area contributed by atoms with Gasteiger partial charge >= 0.3 is 0 Å². The predicted octanol–water partition coefficient (Wildman–Crippen LogP) is 0.298. The summed E-state index contributed by atoms with van der Waals surface area (Å²) in [6.45, 7) is 5.88. The molecule has 1 heterocycles. The van der Waals surface area contributed by atoms with Crippen molar-refractivity contribution in [1.29, 1.82) is 0 Å². The van der Waals surface area contributed by atoms with Crippen molar-refractivity contribution >= 4 is 17.7 Å². The van der Waals surface area contributed by atoms with Crippen LogP contribution in [-0.4, -0.2) is 35.7 Å². The van der Waals surface area contributed by atoms with Gasteiger partial charge in [-0.3, -0.25) is 19.7 Å². The molecule has 3 amide bonds. The number of hydrogen-bond acceptors (Lipinski definition) is 3. The Morgan fingerprint density at radius 3 is 2.40 bits per heavy atom. The second-order valence-corrected chi connectivity index (χ2v) is 3.02.